The fraction of sp³-hybridized carbons (Fsp3) is 0.667. The number of carbonyl (C=O) groups is 4. The summed E-state index contributed by atoms with van der Waals surface area (Å²) in [5.74, 6) is -3.44. The molecule has 5 rings (SSSR count). The Kier molecular flexibility index (Phi) is 7.14. The molecule has 9 nitrogen and oxygen atoms in total. The Labute approximate surface area is 228 Å². The van der Waals surface area contributed by atoms with Crippen molar-refractivity contribution in [2.75, 3.05) is 6.61 Å². The van der Waals surface area contributed by atoms with Gasteiger partial charge in [-0.3, -0.25) is 14.4 Å². The van der Waals surface area contributed by atoms with Gasteiger partial charge in [0, 0.05) is 23.0 Å². The quantitative estimate of drug-likeness (QED) is 0.286. The van der Waals surface area contributed by atoms with E-state index < -0.39 is 53.0 Å². The van der Waals surface area contributed by atoms with Crippen molar-refractivity contribution >= 4 is 23.9 Å². The van der Waals surface area contributed by atoms with E-state index in [2.05, 4.69) is 6.92 Å². The van der Waals surface area contributed by atoms with Crippen LogP contribution in [0.15, 0.2) is 34.7 Å². The Balaban J connectivity index is 1.59. The number of rotatable bonds is 6. The molecule has 0 amide bonds. The van der Waals surface area contributed by atoms with Gasteiger partial charge in [0.1, 0.15) is 18.1 Å². The Morgan fingerprint density at radius 3 is 2.69 bits per heavy atom. The molecule has 2 saturated heterocycles. The predicted octanol–water partition coefficient (Wildman–Crippen LogP) is 4.70. The number of fused-ring (bicyclic) bond motifs is 1. The number of furan rings is 1. The van der Waals surface area contributed by atoms with Gasteiger partial charge in [0.2, 0.25) is 0 Å². The highest BCUT2D eigenvalue weighted by atomic mass is 16.6. The van der Waals surface area contributed by atoms with Gasteiger partial charge in [-0.1, -0.05) is 26.8 Å². The maximum Gasteiger partial charge on any atom is 0.333 e. The summed E-state index contributed by atoms with van der Waals surface area (Å²) < 4.78 is 28.9. The molecule has 2 aliphatic carbocycles. The van der Waals surface area contributed by atoms with Crippen LogP contribution in [0.2, 0.25) is 0 Å². The zero-order chi connectivity index (χ0) is 28.1. The minimum absolute atomic E-state index is 0.0401. The van der Waals surface area contributed by atoms with E-state index in [4.69, 9.17) is 23.4 Å². The van der Waals surface area contributed by atoms with Crippen LogP contribution in [0.25, 0.3) is 0 Å². The summed E-state index contributed by atoms with van der Waals surface area (Å²) in [6.07, 6.45) is 4.95. The molecule has 1 aromatic heterocycles. The smallest absolute Gasteiger partial charge is 0.333 e. The summed E-state index contributed by atoms with van der Waals surface area (Å²) in [6.45, 7) is 9.22. The van der Waals surface area contributed by atoms with Crippen molar-refractivity contribution in [3.63, 3.8) is 0 Å². The third-order valence-corrected chi connectivity index (χ3v) is 10.1. The van der Waals surface area contributed by atoms with E-state index in [1.54, 1.807) is 45.4 Å². The molecule has 0 aromatic carbocycles. The molecule has 1 aromatic rings. The first kappa shape index (κ1) is 27.5. The van der Waals surface area contributed by atoms with Gasteiger partial charge in [-0.25, -0.2) is 4.79 Å². The number of cyclic esters (lactones) is 2. The van der Waals surface area contributed by atoms with Crippen molar-refractivity contribution < 1.29 is 42.5 Å². The van der Waals surface area contributed by atoms with Crippen LogP contribution in [0.4, 0.5) is 0 Å². The molecule has 0 unspecified atom stereocenters. The molecule has 212 valence electrons. The second-order valence-electron chi connectivity index (χ2n) is 11.9. The van der Waals surface area contributed by atoms with Crippen LogP contribution in [0, 0.1) is 34.5 Å². The second kappa shape index (κ2) is 10.1. The molecule has 39 heavy (non-hydrogen) atoms. The van der Waals surface area contributed by atoms with E-state index in [9.17, 15) is 19.2 Å². The molecular formula is C30H38O9. The van der Waals surface area contributed by atoms with Gasteiger partial charge >= 0.3 is 23.9 Å². The average molecular weight is 543 g/mol. The van der Waals surface area contributed by atoms with Gasteiger partial charge in [-0.15, -0.1) is 0 Å². The van der Waals surface area contributed by atoms with Crippen molar-refractivity contribution in [1.82, 2.24) is 0 Å². The predicted molar refractivity (Wildman–Crippen MR) is 137 cm³/mol. The van der Waals surface area contributed by atoms with Crippen molar-refractivity contribution in [3.8, 4) is 0 Å². The van der Waals surface area contributed by atoms with Gasteiger partial charge in [0.15, 0.2) is 6.10 Å². The lowest BCUT2D eigenvalue weighted by atomic mass is 9.43. The third kappa shape index (κ3) is 4.19. The van der Waals surface area contributed by atoms with Crippen LogP contribution in [0.3, 0.4) is 0 Å². The van der Waals surface area contributed by atoms with Crippen LogP contribution in [-0.2, 0) is 38.1 Å². The maximum atomic E-state index is 13.9. The molecule has 0 N–H and O–H groups in total. The Hall–Kier alpha value is -3.10. The van der Waals surface area contributed by atoms with Crippen LogP contribution in [-0.4, -0.2) is 42.7 Å². The standard InChI is InChI=1S/C30H38O9/c1-6-16(3)25(31)37-20-12-22-29(15-36-27(33)23(29)24(20)39-26(32)17(4)7-2)10-8-18(5)30(22)13-21(38-28(30)34)19-9-11-35-14-19/h6,9,11,14,17-18,20-24H,7-8,10,12-13,15H2,1-5H3/b16-6-/t17-,18-,20-,21-,22+,23+,24-,29+,30-/m1/s1. The van der Waals surface area contributed by atoms with Crippen molar-refractivity contribution in [2.24, 2.45) is 34.5 Å². The Morgan fingerprint density at radius 2 is 2.03 bits per heavy atom. The summed E-state index contributed by atoms with van der Waals surface area (Å²) in [6, 6.07) is 1.79. The summed E-state index contributed by atoms with van der Waals surface area (Å²) in [5, 5.41) is 0. The van der Waals surface area contributed by atoms with E-state index in [1.165, 1.54) is 0 Å². The molecule has 4 aliphatic rings. The molecule has 0 radical (unpaired) electrons. The Morgan fingerprint density at radius 1 is 1.26 bits per heavy atom. The molecule has 4 fully saturated rings. The van der Waals surface area contributed by atoms with E-state index in [1.807, 2.05) is 6.92 Å². The van der Waals surface area contributed by atoms with Gasteiger partial charge in [-0.2, -0.15) is 0 Å². The second-order valence-corrected chi connectivity index (χ2v) is 11.9. The van der Waals surface area contributed by atoms with Gasteiger partial charge in [0.25, 0.3) is 0 Å². The normalized spacial score (nSPS) is 38.4. The minimum Gasteiger partial charge on any atom is -0.472 e. The van der Waals surface area contributed by atoms with Gasteiger partial charge in [-0.05, 0) is 57.4 Å². The van der Waals surface area contributed by atoms with Crippen LogP contribution in [0.5, 0.6) is 0 Å². The van der Waals surface area contributed by atoms with E-state index in [0.717, 1.165) is 5.56 Å². The molecule has 2 aliphatic heterocycles. The lowest BCUT2D eigenvalue weighted by molar-refractivity contribution is -0.213. The van der Waals surface area contributed by atoms with E-state index in [-0.39, 0.29) is 36.8 Å². The van der Waals surface area contributed by atoms with Crippen molar-refractivity contribution in [1.29, 1.82) is 0 Å². The number of esters is 4. The van der Waals surface area contributed by atoms with Gasteiger partial charge in [0.05, 0.1) is 30.5 Å². The first-order chi connectivity index (χ1) is 18.6. The highest BCUT2D eigenvalue weighted by Gasteiger charge is 2.74. The molecule has 2 spiro atoms. The molecule has 9 heteroatoms. The number of hydrogen-bond donors (Lipinski definition) is 0. The minimum atomic E-state index is -1.00. The average Bonchev–Trinajstić information content (AvgIpc) is 3.65. The number of allylic oxidation sites excluding steroid dienone is 1. The van der Waals surface area contributed by atoms with Crippen LogP contribution in [0.1, 0.15) is 78.4 Å². The SMILES string of the molecule is C/C=C(/C)C(=O)O[C@@H]1C[C@H]2[C@]3(CC[C@@H](C)[C@]24C[C@H](c2ccoc2)OC4=O)COC(=O)[C@@H]3[C@@H]1OC(=O)[C@H](C)CC. The highest BCUT2D eigenvalue weighted by Crippen LogP contribution is 2.68. The lowest BCUT2D eigenvalue weighted by Crippen LogP contribution is -2.64. The third-order valence-electron chi connectivity index (χ3n) is 10.1. The molecule has 0 bridgehead atoms. The monoisotopic (exact) mass is 542 g/mol. The lowest BCUT2D eigenvalue weighted by Gasteiger charge is -2.58. The fourth-order valence-electron chi connectivity index (χ4n) is 7.45. The fourth-order valence-corrected chi connectivity index (χ4v) is 7.45. The molecule has 9 atom stereocenters. The van der Waals surface area contributed by atoms with E-state index >= 15 is 0 Å². The van der Waals surface area contributed by atoms with Crippen molar-refractivity contribution in [2.45, 2.75) is 85.0 Å². The highest BCUT2D eigenvalue weighted by molar-refractivity contribution is 5.88. The zero-order valence-corrected chi connectivity index (χ0v) is 23.3. The van der Waals surface area contributed by atoms with Gasteiger partial charge < -0.3 is 23.4 Å². The largest absolute Gasteiger partial charge is 0.472 e. The van der Waals surface area contributed by atoms with Crippen molar-refractivity contribution in [3.05, 3.63) is 35.8 Å². The first-order valence-corrected chi connectivity index (χ1v) is 14.0. The number of hydrogen-bond acceptors (Lipinski definition) is 9. The maximum absolute atomic E-state index is 13.9. The zero-order valence-electron chi connectivity index (χ0n) is 23.3. The summed E-state index contributed by atoms with van der Waals surface area (Å²) in [7, 11) is 0. The van der Waals surface area contributed by atoms with Crippen LogP contribution >= 0.6 is 0 Å². The van der Waals surface area contributed by atoms with Crippen LogP contribution < -0.4 is 0 Å². The summed E-state index contributed by atoms with van der Waals surface area (Å²) in [4.78, 5) is 53.3. The topological polar surface area (TPSA) is 118 Å². The number of ether oxygens (including phenoxy) is 4. The first-order valence-electron chi connectivity index (χ1n) is 14.0. The molecule has 3 heterocycles. The Bertz CT molecular complexity index is 1170. The molecule has 2 saturated carbocycles. The summed E-state index contributed by atoms with van der Waals surface area (Å²) >= 11 is 0. The number of carbonyl (C=O) groups excluding carboxylic acids is 4. The summed E-state index contributed by atoms with van der Waals surface area (Å²) in [5.41, 5.74) is -0.476. The molecular weight excluding hydrogens is 504 g/mol. The van der Waals surface area contributed by atoms with E-state index in [0.29, 0.717) is 31.3 Å².